The van der Waals surface area contributed by atoms with E-state index in [4.69, 9.17) is 0 Å². The van der Waals surface area contributed by atoms with Crippen LogP contribution in [0.1, 0.15) is 31.1 Å². The van der Waals surface area contributed by atoms with E-state index in [-0.39, 0.29) is 0 Å². The maximum Gasteiger partial charge on any atom is 0.163 e. The molecule has 3 rings (SSSR count). The molecular formula is C20H23N3. The predicted octanol–water partition coefficient (Wildman–Crippen LogP) is 5.16. The van der Waals surface area contributed by atoms with E-state index in [1.807, 2.05) is 33.8 Å². The molecule has 0 bridgehead atoms. The van der Waals surface area contributed by atoms with Gasteiger partial charge in [-0.3, -0.25) is 0 Å². The highest BCUT2D eigenvalue weighted by molar-refractivity contribution is 5.73. The van der Waals surface area contributed by atoms with Gasteiger partial charge >= 0.3 is 0 Å². The highest BCUT2D eigenvalue weighted by atomic mass is 15.0. The summed E-state index contributed by atoms with van der Waals surface area (Å²) in [5.74, 6) is 2.23. The van der Waals surface area contributed by atoms with Gasteiger partial charge in [0.2, 0.25) is 0 Å². The molecule has 0 saturated carbocycles. The second-order valence-corrected chi connectivity index (χ2v) is 5.15. The zero-order chi connectivity index (χ0) is 16.8. The standard InChI is InChI=1S/C18H17N3.C2H6/c1-12-9-10-16(18-20-13(2)19-14(3)21-18)11-17(12)15-7-5-4-6-8-15;1-2/h4-11H,1-3H3;1-2H3. The molecule has 1 heterocycles. The fourth-order valence-corrected chi connectivity index (χ4v) is 2.43. The maximum atomic E-state index is 4.45. The molecule has 0 radical (unpaired) electrons. The van der Waals surface area contributed by atoms with Crippen molar-refractivity contribution in [3.05, 3.63) is 65.7 Å². The predicted molar refractivity (Wildman–Crippen MR) is 96.3 cm³/mol. The molecule has 3 heteroatoms. The van der Waals surface area contributed by atoms with Crippen LogP contribution in [0.3, 0.4) is 0 Å². The van der Waals surface area contributed by atoms with E-state index in [1.54, 1.807) is 0 Å². The molecule has 2 aromatic carbocycles. The molecule has 1 aromatic heterocycles. The fraction of sp³-hybridized carbons (Fsp3) is 0.250. The number of benzene rings is 2. The molecule has 0 saturated heterocycles. The van der Waals surface area contributed by atoms with Crippen LogP contribution in [-0.2, 0) is 0 Å². The second kappa shape index (κ2) is 7.63. The lowest BCUT2D eigenvalue weighted by Crippen LogP contribution is -1.99. The Morgan fingerprint density at radius 3 is 1.87 bits per heavy atom. The number of nitrogens with zero attached hydrogens (tertiary/aromatic N) is 3. The summed E-state index contributed by atoms with van der Waals surface area (Å²) in [6, 6.07) is 16.7. The summed E-state index contributed by atoms with van der Waals surface area (Å²) in [6.07, 6.45) is 0. The Bertz CT molecular complexity index is 760. The van der Waals surface area contributed by atoms with Gasteiger partial charge in [0.1, 0.15) is 11.6 Å². The summed E-state index contributed by atoms with van der Waals surface area (Å²) in [5.41, 5.74) is 4.68. The Labute approximate surface area is 138 Å². The summed E-state index contributed by atoms with van der Waals surface area (Å²) in [7, 11) is 0. The molecule has 118 valence electrons. The normalized spacial score (nSPS) is 9.96. The van der Waals surface area contributed by atoms with Crippen molar-refractivity contribution in [3.63, 3.8) is 0 Å². The molecule has 0 spiro atoms. The number of aromatic nitrogens is 3. The molecule has 23 heavy (non-hydrogen) atoms. The lowest BCUT2D eigenvalue weighted by molar-refractivity contribution is 0.928. The van der Waals surface area contributed by atoms with Gasteiger partial charge in [-0.1, -0.05) is 56.3 Å². The number of rotatable bonds is 2. The van der Waals surface area contributed by atoms with Gasteiger partial charge in [-0.05, 0) is 43.5 Å². The van der Waals surface area contributed by atoms with Gasteiger partial charge in [-0.2, -0.15) is 0 Å². The first-order chi connectivity index (χ1) is 11.1. The minimum Gasteiger partial charge on any atom is -0.219 e. The van der Waals surface area contributed by atoms with E-state index in [1.165, 1.54) is 16.7 Å². The molecule has 0 amide bonds. The van der Waals surface area contributed by atoms with Crippen LogP contribution in [0.25, 0.3) is 22.5 Å². The van der Waals surface area contributed by atoms with Crippen molar-refractivity contribution in [2.75, 3.05) is 0 Å². The third-order valence-electron chi connectivity index (χ3n) is 3.44. The smallest absolute Gasteiger partial charge is 0.163 e. The Morgan fingerprint density at radius 1 is 0.652 bits per heavy atom. The van der Waals surface area contributed by atoms with Crippen LogP contribution in [0.4, 0.5) is 0 Å². The summed E-state index contributed by atoms with van der Waals surface area (Å²) in [4.78, 5) is 13.1. The van der Waals surface area contributed by atoms with Crippen molar-refractivity contribution in [2.24, 2.45) is 0 Å². The first kappa shape index (κ1) is 16.8. The van der Waals surface area contributed by atoms with Gasteiger partial charge in [0.05, 0.1) is 0 Å². The first-order valence-electron chi connectivity index (χ1n) is 7.99. The Kier molecular flexibility index (Phi) is 5.58. The lowest BCUT2D eigenvalue weighted by Gasteiger charge is -2.09. The van der Waals surface area contributed by atoms with E-state index in [2.05, 4.69) is 64.3 Å². The van der Waals surface area contributed by atoms with Crippen LogP contribution >= 0.6 is 0 Å². The van der Waals surface area contributed by atoms with Gasteiger partial charge in [0.25, 0.3) is 0 Å². The molecule has 0 fully saturated rings. The van der Waals surface area contributed by atoms with Crippen molar-refractivity contribution in [1.29, 1.82) is 0 Å². The first-order valence-corrected chi connectivity index (χ1v) is 7.99. The zero-order valence-corrected chi connectivity index (χ0v) is 14.5. The van der Waals surface area contributed by atoms with Crippen LogP contribution in [0, 0.1) is 20.8 Å². The molecule has 3 nitrogen and oxygen atoms in total. The Morgan fingerprint density at radius 2 is 1.26 bits per heavy atom. The van der Waals surface area contributed by atoms with Crippen LogP contribution in [0.5, 0.6) is 0 Å². The average molecular weight is 305 g/mol. The molecule has 0 unspecified atom stereocenters. The highest BCUT2D eigenvalue weighted by Crippen LogP contribution is 2.27. The third-order valence-corrected chi connectivity index (χ3v) is 3.44. The monoisotopic (exact) mass is 305 g/mol. The van der Waals surface area contributed by atoms with Gasteiger partial charge in [0, 0.05) is 5.56 Å². The minimum absolute atomic E-state index is 0.734. The Hall–Kier alpha value is -2.55. The van der Waals surface area contributed by atoms with E-state index < -0.39 is 0 Å². The minimum atomic E-state index is 0.734. The molecule has 0 aliphatic rings. The van der Waals surface area contributed by atoms with E-state index in [0.717, 1.165) is 23.0 Å². The number of hydrogen-bond acceptors (Lipinski definition) is 3. The quantitative estimate of drug-likeness (QED) is 0.656. The molecular weight excluding hydrogens is 282 g/mol. The second-order valence-electron chi connectivity index (χ2n) is 5.15. The van der Waals surface area contributed by atoms with Crippen molar-refractivity contribution >= 4 is 0 Å². The van der Waals surface area contributed by atoms with Crippen molar-refractivity contribution in [1.82, 2.24) is 15.0 Å². The third kappa shape index (κ3) is 4.01. The highest BCUT2D eigenvalue weighted by Gasteiger charge is 2.08. The molecule has 0 atom stereocenters. The van der Waals surface area contributed by atoms with Crippen LogP contribution in [-0.4, -0.2) is 15.0 Å². The largest absolute Gasteiger partial charge is 0.219 e. The summed E-state index contributed by atoms with van der Waals surface area (Å²) < 4.78 is 0. The van der Waals surface area contributed by atoms with Crippen LogP contribution < -0.4 is 0 Å². The Balaban J connectivity index is 0.000000924. The summed E-state index contributed by atoms with van der Waals surface area (Å²) in [5, 5.41) is 0. The molecule has 0 aliphatic heterocycles. The molecule has 0 N–H and O–H groups in total. The van der Waals surface area contributed by atoms with Crippen LogP contribution in [0.2, 0.25) is 0 Å². The van der Waals surface area contributed by atoms with Gasteiger partial charge in [-0.25, -0.2) is 15.0 Å². The van der Waals surface area contributed by atoms with Crippen molar-refractivity contribution < 1.29 is 0 Å². The van der Waals surface area contributed by atoms with Gasteiger partial charge in [0.15, 0.2) is 5.82 Å². The SMILES string of the molecule is CC.Cc1nc(C)nc(-c2ccc(C)c(-c3ccccc3)c2)n1. The van der Waals surface area contributed by atoms with Crippen molar-refractivity contribution in [2.45, 2.75) is 34.6 Å². The van der Waals surface area contributed by atoms with Gasteiger partial charge < -0.3 is 0 Å². The van der Waals surface area contributed by atoms with Crippen molar-refractivity contribution in [3.8, 4) is 22.5 Å². The summed E-state index contributed by atoms with van der Waals surface area (Å²) >= 11 is 0. The van der Waals surface area contributed by atoms with E-state index in [9.17, 15) is 0 Å². The topological polar surface area (TPSA) is 38.7 Å². The van der Waals surface area contributed by atoms with Gasteiger partial charge in [-0.15, -0.1) is 0 Å². The zero-order valence-electron chi connectivity index (χ0n) is 14.5. The molecule has 0 aliphatic carbocycles. The lowest BCUT2D eigenvalue weighted by atomic mass is 9.98. The average Bonchev–Trinajstić information content (AvgIpc) is 2.57. The number of aryl methyl sites for hydroxylation is 3. The maximum absolute atomic E-state index is 4.45. The summed E-state index contributed by atoms with van der Waals surface area (Å²) in [6.45, 7) is 9.91. The number of hydrogen-bond donors (Lipinski definition) is 0. The van der Waals surface area contributed by atoms with E-state index in [0.29, 0.717) is 0 Å². The van der Waals surface area contributed by atoms with Crippen LogP contribution in [0.15, 0.2) is 48.5 Å². The fourth-order valence-electron chi connectivity index (χ4n) is 2.43. The molecule has 3 aromatic rings. The van der Waals surface area contributed by atoms with E-state index >= 15 is 0 Å².